The maximum atomic E-state index is 12.3. The van der Waals surface area contributed by atoms with Crippen molar-refractivity contribution in [3.63, 3.8) is 0 Å². The van der Waals surface area contributed by atoms with E-state index >= 15 is 0 Å². The first-order valence-electron chi connectivity index (χ1n) is 6.39. The fraction of sp³-hybridized carbons (Fsp3) is 0.200. The van der Waals surface area contributed by atoms with Crippen molar-refractivity contribution < 1.29 is 14.3 Å². The Kier molecular flexibility index (Phi) is 5.34. The number of amides is 2. The second-order valence-corrected chi connectivity index (χ2v) is 5.27. The molecule has 1 aromatic carbocycles. The van der Waals surface area contributed by atoms with E-state index in [4.69, 9.17) is 0 Å². The first-order valence-corrected chi connectivity index (χ1v) is 7.27. The molecule has 5 nitrogen and oxygen atoms in total. The van der Waals surface area contributed by atoms with Gasteiger partial charge in [0.15, 0.2) is 0 Å². The fourth-order valence-corrected chi connectivity index (χ4v) is 2.36. The van der Waals surface area contributed by atoms with E-state index in [1.54, 1.807) is 6.07 Å². The molecule has 21 heavy (non-hydrogen) atoms. The second kappa shape index (κ2) is 7.44. The smallest absolute Gasteiger partial charge is 0.325 e. The summed E-state index contributed by atoms with van der Waals surface area (Å²) in [5.41, 5.74) is 0.947. The number of nitrogens with zero attached hydrogens (tertiary/aromatic N) is 1. The molecule has 1 aromatic heterocycles. The van der Waals surface area contributed by atoms with Crippen LogP contribution in [0.25, 0.3) is 0 Å². The minimum atomic E-state index is -0.452. The molecule has 0 unspecified atom stereocenters. The molecule has 110 valence electrons. The summed E-state index contributed by atoms with van der Waals surface area (Å²) in [4.78, 5) is 25.2. The van der Waals surface area contributed by atoms with Crippen molar-refractivity contribution in [2.75, 3.05) is 19.0 Å². The van der Waals surface area contributed by atoms with Crippen LogP contribution in [0, 0.1) is 0 Å². The van der Waals surface area contributed by atoms with Crippen molar-refractivity contribution in [1.82, 2.24) is 4.90 Å². The normalized spacial score (nSPS) is 9.95. The van der Waals surface area contributed by atoms with Gasteiger partial charge in [-0.25, -0.2) is 4.79 Å². The number of hydrogen-bond acceptors (Lipinski definition) is 4. The van der Waals surface area contributed by atoms with Crippen LogP contribution < -0.4 is 5.32 Å². The monoisotopic (exact) mass is 304 g/mol. The van der Waals surface area contributed by atoms with E-state index in [1.807, 2.05) is 41.8 Å². The highest BCUT2D eigenvalue weighted by molar-refractivity contribution is 7.14. The largest absolute Gasteiger partial charge is 0.468 e. The summed E-state index contributed by atoms with van der Waals surface area (Å²) < 4.78 is 4.65. The number of rotatable bonds is 5. The fourth-order valence-electron chi connectivity index (χ4n) is 1.76. The van der Waals surface area contributed by atoms with Gasteiger partial charge in [0.05, 0.1) is 12.1 Å². The lowest BCUT2D eigenvalue weighted by atomic mass is 10.2. The summed E-state index contributed by atoms with van der Waals surface area (Å²) >= 11 is 1.42. The number of nitrogens with one attached hydrogen (secondary N) is 1. The number of methoxy groups -OCH3 is 1. The van der Waals surface area contributed by atoms with Gasteiger partial charge in [-0.1, -0.05) is 30.3 Å². The lowest BCUT2D eigenvalue weighted by molar-refractivity contribution is -0.141. The van der Waals surface area contributed by atoms with Crippen LogP contribution in [0.2, 0.25) is 0 Å². The topological polar surface area (TPSA) is 58.6 Å². The minimum absolute atomic E-state index is 0.0946. The van der Waals surface area contributed by atoms with Crippen molar-refractivity contribution in [2.45, 2.75) is 6.54 Å². The lowest BCUT2D eigenvalue weighted by Gasteiger charge is -2.21. The molecule has 1 heterocycles. The number of urea groups is 1. The van der Waals surface area contributed by atoms with Crippen molar-refractivity contribution >= 4 is 28.3 Å². The molecule has 0 bridgehead atoms. The molecule has 0 aliphatic rings. The summed E-state index contributed by atoms with van der Waals surface area (Å²) in [7, 11) is 1.31. The molecule has 0 radical (unpaired) electrons. The Bertz CT molecular complexity index is 584. The maximum Gasteiger partial charge on any atom is 0.325 e. The standard InChI is InChI=1S/C15H16N2O3S/c1-20-14(18)11-17(10-12-6-3-2-4-7-12)15(19)16-13-8-5-9-21-13/h2-9H,10-11H2,1H3,(H,16,19). The van der Waals surface area contributed by atoms with Crippen LogP contribution in [0.15, 0.2) is 47.8 Å². The van der Waals surface area contributed by atoms with Gasteiger partial charge in [0.25, 0.3) is 0 Å². The van der Waals surface area contributed by atoms with Crippen molar-refractivity contribution in [2.24, 2.45) is 0 Å². The quantitative estimate of drug-likeness (QED) is 0.864. The molecule has 1 N–H and O–H groups in total. The van der Waals surface area contributed by atoms with Gasteiger partial charge in [-0.05, 0) is 23.1 Å². The number of anilines is 1. The van der Waals surface area contributed by atoms with E-state index in [1.165, 1.54) is 23.3 Å². The average molecular weight is 304 g/mol. The summed E-state index contributed by atoms with van der Waals surface area (Å²) in [6.45, 7) is 0.246. The number of carbonyl (C=O) groups excluding carboxylic acids is 2. The van der Waals surface area contributed by atoms with Gasteiger partial charge in [-0.3, -0.25) is 10.1 Å². The zero-order valence-electron chi connectivity index (χ0n) is 11.6. The van der Waals surface area contributed by atoms with Gasteiger partial charge in [0, 0.05) is 6.54 Å². The first kappa shape index (κ1) is 15.1. The molecule has 2 amide bonds. The molecule has 0 aliphatic carbocycles. The van der Waals surface area contributed by atoms with E-state index in [9.17, 15) is 9.59 Å². The highest BCUT2D eigenvalue weighted by atomic mass is 32.1. The number of benzene rings is 1. The van der Waals surface area contributed by atoms with Crippen LogP contribution in [0.5, 0.6) is 0 Å². The summed E-state index contributed by atoms with van der Waals surface area (Å²) in [6, 6.07) is 12.8. The van der Waals surface area contributed by atoms with Crippen LogP contribution >= 0.6 is 11.3 Å². The number of hydrogen-bond donors (Lipinski definition) is 1. The number of thiophene rings is 1. The third-order valence-electron chi connectivity index (χ3n) is 2.80. The van der Waals surface area contributed by atoms with E-state index in [0.29, 0.717) is 6.54 Å². The van der Waals surface area contributed by atoms with Gasteiger partial charge in [-0.15, -0.1) is 11.3 Å². The van der Waals surface area contributed by atoms with Crippen molar-refractivity contribution in [3.05, 3.63) is 53.4 Å². The Morgan fingerprint density at radius 3 is 2.57 bits per heavy atom. The molecule has 0 spiro atoms. The number of esters is 1. The second-order valence-electron chi connectivity index (χ2n) is 4.33. The van der Waals surface area contributed by atoms with Gasteiger partial charge in [0.1, 0.15) is 6.54 Å². The maximum absolute atomic E-state index is 12.3. The summed E-state index contributed by atoms with van der Waals surface area (Å²) in [6.07, 6.45) is 0. The predicted molar refractivity (Wildman–Crippen MR) is 82.2 cm³/mol. The van der Waals surface area contributed by atoms with Crippen LogP contribution in [0.1, 0.15) is 5.56 Å². The predicted octanol–water partition coefficient (Wildman–Crippen LogP) is 2.96. The Balaban J connectivity index is 2.07. The van der Waals surface area contributed by atoms with Gasteiger partial charge in [0.2, 0.25) is 0 Å². The number of carbonyl (C=O) groups is 2. The highest BCUT2D eigenvalue weighted by Gasteiger charge is 2.18. The molecular weight excluding hydrogens is 288 g/mol. The van der Waals surface area contributed by atoms with Crippen LogP contribution in [0.3, 0.4) is 0 Å². The zero-order valence-corrected chi connectivity index (χ0v) is 12.4. The van der Waals surface area contributed by atoms with Crippen molar-refractivity contribution in [3.8, 4) is 0 Å². The van der Waals surface area contributed by atoms with Crippen LogP contribution in [0.4, 0.5) is 9.80 Å². The lowest BCUT2D eigenvalue weighted by Crippen LogP contribution is -2.38. The average Bonchev–Trinajstić information content (AvgIpc) is 3.00. The first-order chi connectivity index (χ1) is 10.2. The highest BCUT2D eigenvalue weighted by Crippen LogP contribution is 2.16. The van der Waals surface area contributed by atoms with Crippen LogP contribution in [-0.4, -0.2) is 30.6 Å². The molecule has 0 saturated heterocycles. The number of ether oxygens (including phenoxy) is 1. The Morgan fingerprint density at radius 1 is 1.19 bits per heavy atom. The Labute approximate surface area is 127 Å². The van der Waals surface area contributed by atoms with Crippen LogP contribution in [-0.2, 0) is 16.1 Å². The molecule has 2 aromatic rings. The molecular formula is C15H16N2O3S. The van der Waals surface area contributed by atoms with Gasteiger partial charge < -0.3 is 9.64 Å². The molecule has 0 saturated carbocycles. The molecule has 2 rings (SSSR count). The van der Waals surface area contributed by atoms with E-state index in [0.717, 1.165) is 10.6 Å². The molecule has 0 atom stereocenters. The van der Waals surface area contributed by atoms with Gasteiger partial charge >= 0.3 is 12.0 Å². The van der Waals surface area contributed by atoms with Crippen molar-refractivity contribution in [1.29, 1.82) is 0 Å². The Hall–Kier alpha value is -2.34. The molecule has 0 fully saturated rings. The summed E-state index contributed by atoms with van der Waals surface area (Å²) in [5, 5.41) is 5.38. The van der Waals surface area contributed by atoms with E-state index in [-0.39, 0.29) is 12.6 Å². The van der Waals surface area contributed by atoms with E-state index in [2.05, 4.69) is 10.1 Å². The third kappa shape index (κ3) is 4.61. The summed E-state index contributed by atoms with van der Waals surface area (Å²) in [5.74, 6) is -0.452. The Morgan fingerprint density at radius 2 is 1.95 bits per heavy atom. The SMILES string of the molecule is COC(=O)CN(Cc1ccccc1)C(=O)Nc1cccs1. The molecule has 0 aliphatic heterocycles. The zero-order chi connectivity index (χ0) is 15.1. The molecule has 6 heteroatoms. The van der Waals surface area contributed by atoms with E-state index < -0.39 is 5.97 Å². The minimum Gasteiger partial charge on any atom is -0.468 e. The third-order valence-corrected chi connectivity index (χ3v) is 3.59. The van der Waals surface area contributed by atoms with Gasteiger partial charge in [-0.2, -0.15) is 0 Å².